The number of hydrogen-bond donors (Lipinski definition) is 1. The zero-order chi connectivity index (χ0) is 15.4. The molecule has 5 heteroatoms. The van der Waals surface area contributed by atoms with Crippen molar-refractivity contribution in [3.05, 3.63) is 23.2 Å². The maximum absolute atomic E-state index is 12.5. The van der Waals surface area contributed by atoms with Gasteiger partial charge in [-0.25, -0.2) is 0 Å². The van der Waals surface area contributed by atoms with Crippen molar-refractivity contribution < 1.29 is 19.1 Å². The van der Waals surface area contributed by atoms with Crippen molar-refractivity contribution in [1.82, 2.24) is 4.90 Å². The molecule has 1 amide bonds. The first kappa shape index (κ1) is 15.6. The number of piperidine rings is 1. The number of carbonyl (C=O) groups is 2. The van der Waals surface area contributed by atoms with Crippen LogP contribution < -0.4 is 0 Å². The van der Waals surface area contributed by atoms with E-state index in [0.717, 1.165) is 37.1 Å². The third-order valence-electron chi connectivity index (χ3n) is 4.13. The number of carbonyl (C=O) groups excluding carboxylic acids is 1. The van der Waals surface area contributed by atoms with E-state index in [0.29, 0.717) is 18.7 Å². The second-order valence-corrected chi connectivity index (χ2v) is 5.76. The van der Waals surface area contributed by atoms with Crippen LogP contribution in [0.25, 0.3) is 0 Å². The Morgan fingerprint density at radius 3 is 2.86 bits per heavy atom. The Kier molecular flexibility index (Phi) is 5.04. The van der Waals surface area contributed by atoms with E-state index in [-0.39, 0.29) is 18.2 Å². The highest BCUT2D eigenvalue weighted by atomic mass is 16.4. The summed E-state index contributed by atoms with van der Waals surface area (Å²) in [5, 5.41) is 8.76. The summed E-state index contributed by atoms with van der Waals surface area (Å²) in [5.41, 5.74) is 1.01. The Morgan fingerprint density at radius 1 is 1.48 bits per heavy atom. The molecule has 0 saturated carbocycles. The number of hydrogen-bond acceptors (Lipinski definition) is 3. The lowest BCUT2D eigenvalue weighted by Gasteiger charge is -2.32. The molecule has 0 bridgehead atoms. The van der Waals surface area contributed by atoms with Crippen LogP contribution in [0, 0.1) is 12.8 Å². The topological polar surface area (TPSA) is 70.8 Å². The number of carboxylic acids is 1. The number of likely N-dealkylation sites (tertiary alicyclic amines) is 1. The van der Waals surface area contributed by atoms with Gasteiger partial charge < -0.3 is 14.4 Å². The van der Waals surface area contributed by atoms with E-state index in [2.05, 4.69) is 0 Å². The van der Waals surface area contributed by atoms with Gasteiger partial charge in [0.2, 0.25) is 0 Å². The number of amides is 1. The molecule has 21 heavy (non-hydrogen) atoms. The molecule has 0 spiro atoms. The highest BCUT2D eigenvalue weighted by Crippen LogP contribution is 2.24. The van der Waals surface area contributed by atoms with E-state index < -0.39 is 5.97 Å². The molecule has 2 heterocycles. The second kappa shape index (κ2) is 6.78. The SMILES string of the molecule is CCc1oc(C(=O)N2CCCC(CCC(=O)O)C2)cc1C. The van der Waals surface area contributed by atoms with Gasteiger partial charge in [0.15, 0.2) is 5.76 Å². The van der Waals surface area contributed by atoms with Crippen LogP contribution in [0.4, 0.5) is 0 Å². The van der Waals surface area contributed by atoms with Crippen LogP contribution in [-0.4, -0.2) is 35.0 Å². The molecule has 1 saturated heterocycles. The molecule has 1 unspecified atom stereocenters. The molecule has 1 N–H and O–H groups in total. The van der Waals surface area contributed by atoms with Crippen molar-refractivity contribution in [3.8, 4) is 0 Å². The Hall–Kier alpha value is -1.78. The quantitative estimate of drug-likeness (QED) is 0.906. The first-order valence-corrected chi connectivity index (χ1v) is 7.61. The van der Waals surface area contributed by atoms with E-state index in [1.54, 1.807) is 4.90 Å². The lowest BCUT2D eigenvalue weighted by molar-refractivity contribution is -0.137. The minimum Gasteiger partial charge on any atom is -0.481 e. The van der Waals surface area contributed by atoms with Gasteiger partial charge >= 0.3 is 5.97 Å². The van der Waals surface area contributed by atoms with Crippen LogP contribution in [0.3, 0.4) is 0 Å². The number of carboxylic acid groups (broad SMARTS) is 1. The van der Waals surface area contributed by atoms with E-state index in [9.17, 15) is 9.59 Å². The summed E-state index contributed by atoms with van der Waals surface area (Å²) in [7, 11) is 0. The molecule has 1 aliphatic rings. The smallest absolute Gasteiger partial charge is 0.303 e. The van der Waals surface area contributed by atoms with Crippen molar-refractivity contribution in [2.24, 2.45) is 5.92 Å². The molecule has 0 aliphatic carbocycles. The van der Waals surface area contributed by atoms with Crippen molar-refractivity contribution in [2.75, 3.05) is 13.1 Å². The predicted octanol–water partition coefficient (Wildman–Crippen LogP) is 2.87. The minimum atomic E-state index is -0.771. The number of furan rings is 1. The standard InChI is InChI=1S/C16H23NO4/c1-3-13-11(2)9-14(21-13)16(20)17-8-4-5-12(10-17)6-7-15(18)19/h9,12H,3-8,10H2,1-2H3,(H,18,19). The highest BCUT2D eigenvalue weighted by Gasteiger charge is 2.27. The molecule has 116 valence electrons. The number of aliphatic carboxylic acids is 1. The van der Waals surface area contributed by atoms with Crippen molar-refractivity contribution >= 4 is 11.9 Å². The van der Waals surface area contributed by atoms with Gasteiger partial charge in [0.1, 0.15) is 5.76 Å². The summed E-state index contributed by atoms with van der Waals surface area (Å²) in [6.07, 6.45) is 3.51. The predicted molar refractivity (Wildman–Crippen MR) is 78.3 cm³/mol. The fraction of sp³-hybridized carbons (Fsp3) is 0.625. The van der Waals surface area contributed by atoms with Crippen molar-refractivity contribution in [3.63, 3.8) is 0 Å². The molecule has 2 rings (SSSR count). The first-order chi connectivity index (χ1) is 10.0. The minimum absolute atomic E-state index is 0.0715. The van der Waals surface area contributed by atoms with Crippen LogP contribution >= 0.6 is 0 Å². The van der Waals surface area contributed by atoms with Gasteiger partial charge in [0.05, 0.1) is 0 Å². The van der Waals surface area contributed by atoms with Crippen molar-refractivity contribution in [2.45, 2.75) is 46.0 Å². The average Bonchev–Trinajstić information content (AvgIpc) is 2.85. The van der Waals surface area contributed by atoms with E-state index in [4.69, 9.17) is 9.52 Å². The summed E-state index contributed by atoms with van der Waals surface area (Å²) in [5.74, 6) is 0.701. The van der Waals surface area contributed by atoms with Crippen LogP contribution in [0.15, 0.2) is 10.5 Å². The lowest BCUT2D eigenvalue weighted by atomic mass is 9.93. The van der Waals surface area contributed by atoms with Crippen LogP contribution in [-0.2, 0) is 11.2 Å². The van der Waals surface area contributed by atoms with Crippen LogP contribution in [0.1, 0.15) is 54.5 Å². The molecule has 1 aromatic heterocycles. The molecular formula is C16H23NO4. The number of aryl methyl sites for hydroxylation is 2. The van der Waals surface area contributed by atoms with Crippen LogP contribution in [0.5, 0.6) is 0 Å². The van der Waals surface area contributed by atoms with Gasteiger partial charge in [-0.3, -0.25) is 9.59 Å². The highest BCUT2D eigenvalue weighted by molar-refractivity contribution is 5.91. The summed E-state index contributed by atoms with van der Waals surface area (Å²) in [6.45, 7) is 5.31. The third kappa shape index (κ3) is 3.86. The van der Waals surface area contributed by atoms with Crippen molar-refractivity contribution in [1.29, 1.82) is 0 Å². The van der Waals surface area contributed by atoms with E-state index >= 15 is 0 Å². The lowest BCUT2D eigenvalue weighted by Crippen LogP contribution is -2.39. The molecule has 1 fully saturated rings. The molecule has 1 aromatic rings. The third-order valence-corrected chi connectivity index (χ3v) is 4.13. The summed E-state index contributed by atoms with van der Waals surface area (Å²) < 4.78 is 5.63. The summed E-state index contributed by atoms with van der Waals surface area (Å²) in [6, 6.07) is 1.81. The van der Waals surface area contributed by atoms with Gasteiger partial charge in [-0.2, -0.15) is 0 Å². The van der Waals surface area contributed by atoms with E-state index in [1.807, 2.05) is 19.9 Å². The van der Waals surface area contributed by atoms with Gasteiger partial charge in [-0.15, -0.1) is 0 Å². The van der Waals surface area contributed by atoms with Gasteiger partial charge in [0, 0.05) is 25.9 Å². The molecule has 5 nitrogen and oxygen atoms in total. The molecule has 1 aliphatic heterocycles. The van der Waals surface area contributed by atoms with Crippen LogP contribution in [0.2, 0.25) is 0 Å². The maximum atomic E-state index is 12.5. The Morgan fingerprint density at radius 2 is 2.24 bits per heavy atom. The Balaban J connectivity index is 1.99. The molecule has 1 atom stereocenters. The largest absolute Gasteiger partial charge is 0.481 e. The number of rotatable bonds is 5. The Labute approximate surface area is 124 Å². The zero-order valence-corrected chi connectivity index (χ0v) is 12.7. The Bertz CT molecular complexity index is 520. The van der Waals surface area contributed by atoms with Gasteiger partial charge in [-0.1, -0.05) is 6.92 Å². The average molecular weight is 293 g/mol. The monoisotopic (exact) mass is 293 g/mol. The molecule has 0 radical (unpaired) electrons. The van der Waals surface area contributed by atoms with Gasteiger partial charge in [0.25, 0.3) is 5.91 Å². The number of nitrogens with zero attached hydrogens (tertiary/aromatic N) is 1. The first-order valence-electron chi connectivity index (χ1n) is 7.61. The van der Waals surface area contributed by atoms with E-state index in [1.165, 1.54) is 0 Å². The maximum Gasteiger partial charge on any atom is 0.303 e. The fourth-order valence-corrected chi connectivity index (χ4v) is 2.94. The summed E-state index contributed by atoms with van der Waals surface area (Å²) in [4.78, 5) is 24.9. The molecular weight excluding hydrogens is 270 g/mol. The second-order valence-electron chi connectivity index (χ2n) is 5.76. The normalized spacial score (nSPS) is 18.8. The molecule has 0 aromatic carbocycles. The van der Waals surface area contributed by atoms with Gasteiger partial charge in [-0.05, 0) is 43.7 Å². The summed E-state index contributed by atoms with van der Waals surface area (Å²) >= 11 is 0. The fourth-order valence-electron chi connectivity index (χ4n) is 2.94. The zero-order valence-electron chi connectivity index (χ0n) is 12.7.